The molecule has 166 valence electrons. The van der Waals surface area contributed by atoms with Crippen LogP contribution in [-0.2, 0) is 14.3 Å². The van der Waals surface area contributed by atoms with Gasteiger partial charge in [-0.05, 0) is 6.42 Å². The van der Waals surface area contributed by atoms with Gasteiger partial charge in [-0.15, -0.1) is 0 Å². The van der Waals surface area contributed by atoms with Gasteiger partial charge >= 0.3 is 12.1 Å². The van der Waals surface area contributed by atoms with Gasteiger partial charge in [0.25, 0.3) is 0 Å². The Hall–Kier alpha value is -1.14. The number of carbonyl (C=O) groups excluding carboxylic acids is 2. The highest BCUT2D eigenvalue weighted by atomic mass is 16.7. The second kappa shape index (κ2) is 20.6. The van der Waals surface area contributed by atoms with Crippen LogP contribution in [0, 0.1) is 0 Å². The van der Waals surface area contributed by atoms with E-state index in [0.29, 0.717) is 6.42 Å². The lowest BCUT2D eigenvalue weighted by Crippen LogP contribution is -2.23. The maximum absolute atomic E-state index is 11.5. The van der Waals surface area contributed by atoms with Crippen LogP contribution in [0.2, 0.25) is 0 Å². The monoisotopic (exact) mass is 402 g/mol. The molecule has 28 heavy (non-hydrogen) atoms. The van der Waals surface area contributed by atoms with Crippen molar-refractivity contribution in [2.75, 3.05) is 13.2 Å². The molecule has 1 atom stereocenters. The molecule has 1 unspecified atom stereocenters. The third-order valence-corrected chi connectivity index (χ3v) is 4.79. The topological polar surface area (TPSA) is 93.1 Å². The molecular weight excluding hydrogens is 360 g/mol. The fourth-order valence-corrected chi connectivity index (χ4v) is 3.03. The Balaban J connectivity index is 3.28. The first-order valence-corrected chi connectivity index (χ1v) is 11.3. The molecule has 0 aliphatic carbocycles. The van der Waals surface area contributed by atoms with Crippen molar-refractivity contribution in [3.05, 3.63) is 0 Å². The van der Waals surface area contributed by atoms with E-state index in [1.165, 1.54) is 77.0 Å². The summed E-state index contributed by atoms with van der Waals surface area (Å²) in [6.45, 7) is 1.35. The van der Waals surface area contributed by atoms with Gasteiger partial charge in [-0.3, -0.25) is 4.79 Å². The summed E-state index contributed by atoms with van der Waals surface area (Å²) < 4.78 is 8.97. The van der Waals surface area contributed by atoms with E-state index in [9.17, 15) is 9.59 Å². The van der Waals surface area contributed by atoms with Gasteiger partial charge in [-0.2, -0.15) is 0 Å². The minimum atomic E-state index is -1.15. The third kappa shape index (κ3) is 19.6. The molecule has 0 fully saturated rings. The van der Waals surface area contributed by atoms with Gasteiger partial charge in [-0.1, -0.05) is 96.8 Å². The second-order valence-corrected chi connectivity index (χ2v) is 7.57. The lowest BCUT2D eigenvalue weighted by Gasteiger charge is -2.08. The van der Waals surface area contributed by atoms with Crippen molar-refractivity contribution in [2.45, 2.75) is 116 Å². The zero-order valence-corrected chi connectivity index (χ0v) is 17.8. The molecule has 0 rings (SSSR count). The van der Waals surface area contributed by atoms with E-state index < -0.39 is 24.8 Å². The van der Waals surface area contributed by atoms with Crippen molar-refractivity contribution < 1.29 is 29.3 Å². The Morgan fingerprint density at radius 2 is 1.18 bits per heavy atom. The largest absolute Gasteiger partial charge is 0.516 e. The third-order valence-electron chi connectivity index (χ3n) is 4.79. The molecule has 0 radical (unpaired) electrons. The van der Waals surface area contributed by atoms with Crippen molar-refractivity contribution in [1.29, 1.82) is 0 Å². The van der Waals surface area contributed by atoms with E-state index in [4.69, 9.17) is 10.2 Å². The number of aliphatic hydroxyl groups is 2. The molecular formula is C22H42O6. The Morgan fingerprint density at radius 1 is 0.750 bits per heavy atom. The maximum atomic E-state index is 11.5. The lowest BCUT2D eigenvalue weighted by atomic mass is 10.0. The van der Waals surface area contributed by atoms with Crippen LogP contribution in [0.5, 0.6) is 0 Å². The minimum Gasteiger partial charge on any atom is -0.431 e. The summed E-state index contributed by atoms with van der Waals surface area (Å²) in [6.07, 6.45) is 16.7. The smallest absolute Gasteiger partial charge is 0.431 e. The molecule has 0 aliphatic rings. The fourth-order valence-electron chi connectivity index (χ4n) is 3.03. The van der Waals surface area contributed by atoms with Crippen LogP contribution in [0.25, 0.3) is 0 Å². The van der Waals surface area contributed by atoms with E-state index in [-0.39, 0.29) is 13.0 Å². The molecule has 0 aromatic rings. The predicted octanol–water partition coefficient (Wildman–Crippen LogP) is 5.28. The molecule has 0 spiro atoms. The molecule has 0 heterocycles. The highest BCUT2D eigenvalue weighted by molar-refractivity contribution is 5.81. The molecule has 2 N–H and O–H groups in total. The molecule has 0 bridgehead atoms. The van der Waals surface area contributed by atoms with Crippen LogP contribution in [0.1, 0.15) is 110 Å². The van der Waals surface area contributed by atoms with Crippen LogP contribution >= 0.6 is 0 Å². The van der Waals surface area contributed by atoms with Crippen LogP contribution in [-0.4, -0.2) is 41.7 Å². The molecule has 0 saturated heterocycles. The maximum Gasteiger partial charge on any atom is 0.516 e. The normalized spacial score (nSPS) is 12.0. The number of hydrogen-bond acceptors (Lipinski definition) is 6. The SMILES string of the molecule is CCCCCCCCCCCCCCCCCC(=O)OC(=O)OCC(O)CO. The summed E-state index contributed by atoms with van der Waals surface area (Å²) in [5, 5.41) is 17.6. The van der Waals surface area contributed by atoms with Gasteiger partial charge in [0.05, 0.1) is 6.61 Å². The van der Waals surface area contributed by atoms with E-state index in [1.54, 1.807) is 0 Å². The number of esters is 1. The average Bonchev–Trinajstić information content (AvgIpc) is 2.69. The van der Waals surface area contributed by atoms with Crippen LogP contribution < -0.4 is 0 Å². The lowest BCUT2D eigenvalue weighted by molar-refractivity contribution is -0.140. The number of ether oxygens (including phenoxy) is 2. The van der Waals surface area contributed by atoms with Gasteiger partial charge in [0.15, 0.2) is 0 Å². The molecule has 0 aliphatic heterocycles. The first-order valence-electron chi connectivity index (χ1n) is 11.3. The Labute approximate surface area is 171 Å². The number of hydrogen-bond donors (Lipinski definition) is 2. The quantitative estimate of drug-likeness (QED) is 0.173. The zero-order chi connectivity index (χ0) is 20.9. The predicted molar refractivity (Wildman–Crippen MR) is 110 cm³/mol. The van der Waals surface area contributed by atoms with E-state index in [0.717, 1.165) is 12.8 Å². The van der Waals surface area contributed by atoms with Crippen molar-refractivity contribution in [2.24, 2.45) is 0 Å². The van der Waals surface area contributed by atoms with Crippen LogP contribution in [0.4, 0.5) is 4.79 Å². The van der Waals surface area contributed by atoms with Gasteiger partial charge in [0.1, 0.15) is 12.7 Å². The highest BCUT2D eigenvalue weighted by Crippen LogP contribution is 2.13. The van der Waals surface area contributed by atoms with Crippen molar-refractivity contribution in [1.82, 2.24) is 0 Å². The fraction of sp³-hybridized carbons (Fsp3) is 0.909. The van der Waals surface area contributed by atoms with Crippen LogP contribution in [0.15, 0.2) is 0 Å². The number of rotatable bonds is 19. The molecule has 6 nitrogen and oxygen atoms in total. The Morgan fingerprint density at radius 3 is 1.61 bits per heavy atom. The van der Waals surface area contributed by atoms with Gasteiger partial charge < -0.3 is 19.7 Å². The van der Waals surface area contributed by atoms with Crippen molar-refractivity contribution in [3.8, 4) is 0 Å². The first-order chi connectivity index (χ1) is 13.6. The van der Waals surface area contributed by atoms with Crippen molar-refractivity contribution in [3.63, 3.8) is 0 Å². The number of aliphatic hydroxyl groups excluding tert-OH is 2. The molecule has 0 amide bonds. The number of unbranched alkanes of at least 4 members (excludes halogenated alkanes) is 14. The molecule has 0 aromatic heterocycles. The van der Waals surface area contributed by atoms with E-state index in [1.807, 2.05) is 0 Å². The number of carbonyl (C=O) groups is 2. The van der Waals surface area contributed by atoms with E-state index >= 15 is 0 Å². The zero-order valence-electron chi connectivity index (χ0n) is 17.8. The summed E-state index contributed by atoms with van der Waals surface area (Å²) in [7, 11) is 0. The first kappa shape index (κ1) is 26.9. The average molecular weight is 403 g/mol. The Kier molecular flexibility index (Phi) is 19.8. The van der Waals surface area contributed by atoms with E-state index in [2.05, 4.69) is 16.4 Å². The summed E-state index contributed by atoms with van der Waals surface area (Å²) in [6, 6.07) is 0. The summed E-state index contributed by atoms with van der Waals surface area (Å²) in [5.41, 5.74) is 0. The van der Waals surface area contributed by atoms with Crippen molar-refractivity contribution >= 4 is 12.1 Å². The van der Waals surface area contributed by atoms with Crippen LogP contribution in [0.3, 0.4) is 0 Å². The minimum absolute atomic E-state index is 0.190. The highest BCUT2D eigenvalue weighted by Gasteiger charge is 2.13. The summed E-state index contributed by atoms with van der Waals surface area (Å²) in [5.74, 6) is -0.613. The van der Waals surface area contributed by atoms with Gasteiger partial charge in [-0.25, -0.2) is 4.79 Å². The Bertz CT molecular complexity index is 372. The summed E-state index contributed by atoms with van der Waals surface area (Å²) in [4.78, 5) is 22.6. The standard InChI is InChI=1S/C22H42O6/c1-2-3-4-5-6-7-8-9-10-11-12-13-14-15-16-17-21(25)28-22(26)27-19-20(24)18-23/h20,23-24H,2-19H2,1H3. The van der Waals surface area contributed by atoms with Gasteiger partial charge in [0, 0.05) is 6.42 Å². The summed E-state index contributed by atoms with van der Waals surface area (Å²) >= 11 is 0. The van der Waals surface area contributed by atoms with Gasteiger partial charge in [0.2, 0.25) is 0 Å². The molecule has 6 heteroatoms. The molecule has 0 saturated carbocycles. The molecule has 0 aromatic carbocycles. The second-order valence-electron chi connectivity index (χ2n) is 7.57.